The molecular formula is C14H21NOS. The van der Waals surface area contributed by atoms with E-state index in [4.69, 9.17) is 0 Å². The van der Waals surface area contributed by atoms with Crippen molar-refractivity contribution in [3.63, 3.8) is 0 Å². The van der Waals surface area contributed by atoms with Gasteiger partial charge in [0, 0.05) is 22.1 Å². The lowest BCUT2D eigenvalue weighted by molar-refractivity contribution is 0.575. The molecule has 0 heterocycles. The third-order valence-corrected chi connectivity index (χ3v) is 5.93. The van der Waals surface area contributed by atoms with E-state index in [-0.39, 0.29) is 16.5 Å². The summed E-state index contributed by atoms with van der Waals surface area (Å²) in [5.74, 6) is 0. The number of fused-ring (bicyclic) bond motifs is 1. The molecule has 1 aliphatic rings. The Morgan fingerprint density at radius 2 is 2.18 bits per heavy atom. The molecule has 0 aliphatic heterocycles. The zero-order valence-corrected chi connectivity index (χ0v) is 11.6. The van der Waals surface area contributed by atoms with Crippen molar-refractivity contribution < 1.29 is 4.21 Å². The van der Waals surface area contributed by atoms with E-state index >= 15 is 0 Å². The molecule has 0 radical (unpaired) electrons. The van der Waals surface area contributed by atoms with Crippen LogP contribution in [0.4, 0.5) is 0 Å². The van der Waals surface area contributed by atoms with Gasteiger partial charge in [-0.05, 0) is 31.0 Å². The number of hydrogen-bond acceptors (Lipinski definition) is 2. The standard InChI is InChI=1S/C14H21NOS/c1-4-10(2)17(16)13-9-11-7-5-6-8-12(11)14(13)15-3/h5-8,10,13-15H,4,9H2,1-3H3. The van der Waals surface area contributed by atoms with E-state index in [0.29, 0.717) is 0 Å². The lowest BCUT2D eigenvalue weighted by Crippen LogP contribution is -2.33. The van der Waals surface area contributed by atoms with E-state index in [1.54, 1.807) is 0 Å². The Balaban J connectivity index is 2.26. The van der Waals surface area contributed by atoms with Crippen molar-refractivity contribution in [2.45, 2.75) is 43.2 Å². The van der Waals surface area contributed by atoms with Crippen LogP contribution in [0.25, 0.3) is 0 Å². The molecule has 0 spiro atoms. The van der Waals surface area contributed by atoms with Crippen molar-refractivity contribution in [2.24, 2.45) is 0 Å². The summed E-state index contributed by atoms with van der Waals surface area (Å²) >= 11 is 0. The Morgan fingerprint density at radius 1 is 1.47 bits per heavy atom. The Bertz CT molecular complexity index is 418. The van der Waals surface area contributed by atoms with E-state index < -0.39 is 10.8 Å². The van der Waals surface area contributed by atoms with Gasteiger partial charge < -0.3 is 5.32 Å². The zero-order chi connectivity index (χ0) is 12.4. The van der Waals surface area contributed by atoms with Gasteiger partial charge >= 0.3 is 0 Å². The molecule has 4 unspecified atom stereocenters. The first-order chi connectivity index (χ1) is 8.19. The molecule has 4 atom stereocenters. The molecule has 1 aromatic rings. The maximum Gasteiger partial charge on any atom is 0.0585 e. The summed E-state index contributed by atoms with van der Waals surface area (Å²) in [6.45, 7) is 4.20. The van der Waals surface area contributed by atoms with E-state index in [1.807, 2.05) is 7.05 Å². The van der Waals surface area contributed by atoms with Gasteiger partial charge in [-0.1, -0.05) is 38.1 Å². The van der Waals surface area contributed by atoms with Crippen molar-refractivity contribution >= 4 is 10.8 Å². The molecule has 0 saturated carbocycles. The van der Waals surface area contributed by atoms with Gasteiger partial charge in [-0.3, -0.25) is 4.21 Å². The maximum atomic E-state index is 12.5. The summed E-state index contributed by atoms with van der Waals surface area (Å²) in [5, 5.41) is 3.85. The van der Waals surface area contributed by atoms with Crippen LogP contribution in [0.15, 0.2) is 24.3 Å². The molecule has 17 heavy (non-hydrogen) atoms. The molecule has 0 bridgehead atoms. The largest absolute Gasteiger partial charge is 0.312 e. The minimum Gasteiger partial charge on any atom is -0.312 e. The van der Waals surface area contributed by atoms with Crippen LogP contribution in [-0.4, -0.2) is 21.8 Å². The minimum absolute atomic E-state index is 0.229. The SMILES string of the molecule is CCC(C)S(=O)C1Cc2ccccc2C1NC. The molecule has 94 valence electrons. The highest BCUT2D eigenvalue weighted by atomic mass is 32.2. The van der Waals surface area contributed by atoms with E-state index in [1.165, 1.54) is 11.1 Å². The first-order valence-corrected chi connectivity index (χ1v) is 7.61. The summed E-state index contributed by atoms with van der Waals surface area (Å²) in [4.78, 5) is 0. The summed E-state index contributed by atoms with van der Waals surface area (Å²) < 4.78 is 12.5. The molecule has 0 saturated heterocycles. The lowest BCUT2D eigenvalue weighted by atomic mass is 10.1. The average Bonchev–Trinajstić information content (AvgIpc) is 2.75. The highest BCUT2D eigenvalue weighted by Gasteiger charge is 2.36. The van der Waals surface area contributed by atoms with Gasteiger partial charge in [-0.15, -0.1) is 0 Å². The van der Waals surface area contributed by atoms with Gasteiger partial charge in [0.25, 0.3) is 0 Å². The fourth-order valence-electron chi connectivity index (χ4n) is 2.58. The number of hydrogen-bond donors (Lipinski definition) is 1. The van der Waals surface area contributed by atoms with Crippen molar-refractivity contribution in [1.82, 2.24) is 5.32 Å². The van der Waals surface area contributed by atoms with Crippen LogP contribution in [-0.2, 0) is 17.2 Å². The Hall–Kier alpha value is -0.670. The average molecular weight is 251 g/mol. The van der Waals surface area contributed by atoms with Crippen LogP contribution < -0.4 is 5.32 Å². The minimum atomic E-state index is -0.759. The molecule has 3 heteroatoms. The summed E-state index contributed by atoms with van der Waals surface area (Å²) in [6.07, 6.45) is 1.93. The molecule has 2 rings (SSSR count). The first kappa shape index (κ1) is 12.8. The van der Waals surface area contributed by atoms with Gasteiger partial charge in [-0.25, -0.2) is 0 Å². The van der Waals surface area contributed by atoms with Crippen molar-refractivity contribution in [3.8, 4) is 0 Å². The van der Waals surface area contributed by atoms with Gasteiger partial charge in [-0.2, -0.15) is 0 Å². The van der Waals surface area contributed by atoms with Crippen LogP contribution in [0.2, 0.25) is 0 Å². The summed E-state index contributed by atoms with van der Waals surface area (Å²) in [7, 11) is 1.21. The van der Waals surface area contributed by atoms with Gasteiger partial charge in [0.2, 0.25) is 0 Å². The molecule has 2 nitrogen and oxygen atoms in total. The van der Waals surface area contributed by atoms with Crippen LogP contribution in [0.5, 0.6) is 0 Å². The molecule has 1 aromatic carbocycles. The fraction of sp³-hybridized carbons (Fsp3) is 0.571. The molecule has 0 amide bonds. The van der Waals surface area contributed by atoms with E-state index in [2.05, 4.69) is 43.4 Å². The van der Waals surface area contributed by atoms with Crippen molar-refractivity contribution in [3.05, 3.63) is 35.4 Å². The second-order valence-electron chi connectivity index (χ2n) is 4.76. The molecule has 1 aliphatic carbocycles. The van der Waals surface area contributed by atoms with Crippen molar-refractivity contribution in [2.75, 3.05) is 7.05 Å². The summed E-state index contributed by atoms with van der Waals surface area (Å²) in [6, 6.07) is 8.70. The van der Waals surface area contributed by atoms with Gasteiger partial charge in [0.05, 0.1) is 5.25 Å². The predicted molar refractivity (Wildman–Crippen MR) is 73.6 cm³/mol. The second-order valence-corrected chi connectivity index (χ2v) is 6.82. The molecule has 0 fully saturated rings. The zero-order valence-electron chi connectivity index (χ0n) is 10.8. The van der Waals surface area contributed by atoms with Crippen LogP contribution >= 0.6 is 0 Å². The van der Waals surface area contributed by atoms with Crippen LogP contribution in [0.3, 0.4) is 0 Å². The Labute approximate surface area is 106 Å². The Kier molecular flexibility index (Phi) is 4.00. The van der Waals surface area contributed by atoms with Crippen molar-refractivity contribution in [1.29, 1.82) is 0 Å². The van der Waals surface area contributed by atoms with Gasteiger partial charge in [0.1, 0.15) is 0 Å². The second kappa shape index (κ2) is 5.32. The number of benzene rings is 1. The Morgan fingerprint density at radius 3 is 2.82 bits per heavy atom. The van der Waals surface area contributed by atoms with Crippen LogP contribution in [0.1, 0.15) is 37.4 Å². The maximum absolute atomic E-state index is 12.5. The third kappa shape index (κ3) is 2.31. The smallest absolute Gasteiger partial charge is 0.0585 e. The van der Waals surface area contributed by atoms with Gasteiger partial charge in [0.15, 0.2) is 0 Å². The van der Waals surface area contributed by atoms with E-state index in [9.17, 15) is 4.21 Å². The number of rotatable bonds is 4. The number of nitrogens with one attached hydrogen (secondary N) is 1. The lowest BCUT2D eigenvalue weighted by Gasteiger charge is -2.22. The normalized spacial score (nSPS) is 26.5. The van der Waals surface area contributed by atoms with E-state index in [0.717, 1.165) is 12.8 Å². The highest BCUT2D eigenvalue weighted by Crippen LogP contribution is 2.35. The topological polar surface area (TPSA) is 29.1 Å². The summed E-state index contributed by atoms with van der Waals surface area (Å²) in [5.41, 5.74) is 2.69. The molecular weight excluding hydrogens is 230 g/mol. The third-order valence-electron chi connectivity index (χ3n) is 3.76. The fourth-order valence-corrected chi connectivity index (χ4v) is 4.40. The molecule has 0 aromatic heterocycles. The molecule has 1 N–H and O–H groups in total. The highest BCUT2D eigenvalue weighted by molar-refractivity contribution is 7.86. The first-order valence-electron chi connectivity index (χ1n) is 6.33. The van der Waals surface area contributed by atoms with Crippen LogP contribution in [0, 0.1) is 0 Å². The predicted octanol–water partition coefficient (Wildman–Crippen LogP) is 2.42. The quantitative estimate of drug-likeness (QED) is 0.890. The monoisotopic (exact) mass is 251 g/mol.